The molecule has 4 nitrogen and oxygen atoms in total. The maximum absolute atomic E-state index is 12.0. The van der Waals surface area contributed by atoms with E-state index >= 15 is 0 Å². The van der Waals surface area contributed by atoms with Crippen LogP contribution in [0.4, 0.5) is 0 Å². The van der Waals surface area contributed by atoms with E-state index in [1.165, 1.54) is 0 Å². The van der Waals surface area contributed by atoms with Gasteiger partial charge in [0.25, 0.3) is 0 Å². The molecular formula is C15H15NO3S. The lowest BCUT2D eigenvalue weighted by molar-refractivity contribution is 0.0618. The summed E-state index contributed by atoms with van der Waals surface area (Å²) in [5, 5.41) is 2.83. The molecule has 5 heteroatoms. The van der Waals surface area contributed by atoms with E-state index in [9.17, 15) is 4.79 Å². The molecule has 0 unspecified atom stereocenters. The van der Waals surface area contributed by atoms with Crippen molar-refractivity contribution in [3.05, 3.63) is 40.3 Å². The van der Waals surface area contributed by atoms with E-state index in [4.69, 9.17) is 9.47 Å². The standard InChI is InChI=1S/C15H15NO3S/c1-15(2)8-12(17)11-4-3-10(7-13(11)19-15)18-9-14-16-5-6-20-14/h3-7H,8-9H2,1-2H3. The zero-order chi connectivity index (χ0) is 14.2. The second-order valence-electron chi connectivity index (χ2n) is 5.33. The molecule has 0 aliphatic carbocycles. The van der Waals surface area contributed by atoms with E-state index in [-0.39, 0.29) is 5.78 Å². The van der Waals surface area contributed by atoms with Crippen molar-refractivity contribution in [3.8, 4) is 11.5 Å². The first-order valence-corrected chi connectivity index (χ1v) is 7.29. The number of rotatable bonds is 3. The van der Waals surface area contributed by atoms with Crippen LogP contribution in [0.15, 0.2) is 29.8 Å². The van der Waals surface area contributed by atoms with Gasteiger partial charge in [0.05, 0.1) is 12.0 Å². The SMILES string of the molecule is CC1(C)CC(=O)c2ccc(OCc3nccs3)cc2O1. The van der Waals surface area contributed by atoms with Crippen molar-refractivity contribution >= 4 is 17.1 Å². The Morgan fingerprint density at radius 3 is 3.05 bits per heavy atom. The number of nitrogens with zero attached hydrogens (tertiary/aromatic N) is 1. The largest absolute Gasteiger partial charge is 0.486 e. The Morgan fingerprint density at radius 1 is 1.45 bits per heavy atom. The predicted molar refractivity (Wildman–Crippen MR) is 76.5 cm³/mol. The van der Waals surface area contributed by atoms with Crippen LogP contribution < -0.4 is 9.47 Å². The van der Waals surface area contributed by atoms with Gasteiger partial charge in [-0.2, -0.15) is 0 Å². The van der Waals surface area contributed by atoms with Crippen molar-refractivity contribution in [3.63, 3.8) is 0 Å². The number of hydrogen-bond acceptors (Lipinski definition) is 5. The summed E-state index contributed by atoms with van der Waals surface area (Å²) in [4.78, 5) is 16.2. The Labute approximate surface area is 121 Å². The normalized spacial score (nSPS) is 16.4. The number of hydrogen-bond donors (Lipinski definition) is 0. The summed E-state index contributed by atoms with van der Waals surface area (Å²) in [5.41, 5.74) is 0.170. The fraction of sp³-hybridized carbons (Fsp3) is 0.333. The zero-order valence-electron chi connectivity index (χ0n) is 11.4. The molecule has 0 atom stereocenters. The van der Waals surface area contributed by atoms with Crippen LogP contribution in [-0.2, 0) is 6.61 Å². The van der Waals surface area contributed by atoms with E-state index in [0.29, 0.717) is 30.1 Å². The van der Waals surface area contributed by atoms with Gasteiger partial charge in [0.1, 0.15) is 28.7 Å². The van der Waals surface area contributed by atoms with Crippen LogP contribution in [0, 0.1) is 0 Å². The summed E-state index contributed by atoms with van der Waals surface area (Å²) in [6, 6.07) is 5.35. The van der Waals surface area contributed by atoms with Crippen LogP contribution in [0.5, 0.6) is 11.5 Å². The van der Waals surface area contributed by atoms with E-state index < -0.39 is 5.60 Å². The maximum Gasteiger partial charge on any atom is 0.170 e. The Morgan fingerprint density at radius 2 is 2.30 bits per heavy atom. The lowest BCUT2D eigenvalue weighted by atomic mass is 9.93. The minimum absolute atomic E-state index is 0.114. The number of ketones is 1. The van der Waals surface area contributed by atoms with E-state index in [1.54, 1.807) is 35.7 Å². The Hall–Kier alpha value is -1.88. The van der Waals surface area contributed by atoms with Gasteiger partial charge in [0, 0.05) is 17.6 Å². The minimum Gasteiger partial charge on any atom is -0.486 e. The summed E-state index contributed by atoms with van der Waals surface area (Å²) in [6.07, 6.45) is 2.15. The molecule has 1 aromatic carbocycles. The molecule has 104 valence electrons. The van der Waals surface area contributed by atoms with Crippen LogP contribution >= 0.6 is 11.3 Å². The first-order valence-electron chi connectivity index (χ1n) is 6.41. The summed E-state index contributed by atoms with van der Waals surface area (Å²) in [7, 11) is 0. The van der Waals surface area contributed by atoms with Crippen LogP contribution in [0.3, 0.4) is 0 Å². The van der Waals surface area contributed by atoms with E-state index in [1.807, 2.05) is 19.2 Å². The van der Waals surface area contributed by atoms with Gasteiger partial charge in [-0.05, 0) is 26.0 Å². The molecular weight excluding hydrogens is 274 g/mol. The molecule has 3 rings (SSSR count). The third kappa shape index (κ3) is 2.67. The van der Waals surface area contributed by atoms with Crippen molar-refractivity contribution in [2.45, 2.75) is 32.5 Å². The second-order valence-corrected chi connectivity index (χ2v) is 6.31. The van der Waals surface area contributed by atoms with Gasteiger partial charge in [0.2, 0.25) is 0 Å². The topological polar surface area (TPSA) is 48.4 Å². The number of carbonyl (C=O) groups excluding carboxylic acids is 1. The van der Waals surface area contributed by atoms with Crippen molar-refractivity contribution in [2.24, 2.45) is 0 Å². The first-order chi connectivity index (χ1) is 9.53. The predicted octanol–water partition coefficient (Wildman–Crippen LogP) is 3.47. The average molecular weight is 289 g/mol. The molecule has 1 aromatic heterocycles. The highest BCUT2D eigenvalue weighted by atomic mass is 32.1. The molecule has 2 aromatic rings. The molecule has 0 fully saturated rings. The molecule has 0 amide bonds. The van der Waals surface area contributed by atoms with Crippen molar-refractivity contribution in [1.29, 1.82) is 0 Å². The van der Waals surface area contributed by atoms with Gasteiger partial charge in [-0.15, -0.1) is 11.3 Å². The molecule has 0 saturated carbocycles. The lowest BCUT2D eigenvalue weighted by Crippen LogP contribution is -2.35. The molecule has 2 heterocycles. The number of carbonyl (C=O) groups is 1. The van der Waals surface area contributed by atoms with Crippen LogP contribution in [0.1, 0.15) is 35.6 Å². The van der Waals surface area contributed by atoms with Gasteiger partial charge >= 0.3 is 0 Å². The highest BCUT2D eigenvalue weighted by Gasteiger charge is 2.32. The van der Waals surface area contributed by atoms with E-state index in [0.717, 1.165) is 5.01 Å². The molecule has 0 spiro atoms. The Balaban J connectivity index is 1.80. The molecule has 0 saturated heterocycles. The summed E-state index contributed by atoms with van der Waals surface area (Å²) in [5.74, 6) is 1.40. The maximum atomic E-state index is 12.0. The lowest BCUT2D eigenvalue weighted by Gasteiger charge is -2.31. The number of thiazole rings is 1. The molecule has 0 radical (unpaired) electrons. The number of ether oxygens (including phenoxy) is 2. The van der Waals surface area contributed by atoms with Gasteiger partial charge in [-0.3, -0.25) is 4.79 Å². The van der Waals surface area contributed by atoms with Crippen molar-refractivity contribution in [2.75, 3.05) is 0 Å². The van der Waals surface area contributed by atoms with Crippen LogP contribution in [0.2, 0.25) is 0 Å². The number of benzene rings is 1. The summed E-state index contributed by atoms with van der Waals surface area (Å²) < 4.78 is 11.5. The quantitative estimate of drug-likeness (QED) is 0.868. The van der Waals surface area contributed by atoms with Gasteiger partial charge in [-0.1, -0.05) is 0 Å². The Bertz CT molecular complexity index is 635. The van der Waals surface area contributed by atoms with Crippen LogP contribution in [-0.4, -0.2) is 16.4 Å². The van der Waals surface area contributed by atoms with Crippen molar-refractivity contribution in [1.82, 2.24) is 4.98 Å². The van der Waals surface area contributed by atoms with E-state index in [2.05, 4.69) is 4.98 Å². The third-order valence-electron chi connectivity index (χ3n) is 3.07. The number of aromatic nitrogens is 1. The summed E-state index contributed by atoms with van der Waals surface area (Å²) in [6.45, 7) is 4.25. The minimum atomic E-state index is -0.460. The molecule has 1 aliphatic rings. The highest BCUT2D eigenvalue weighted by Crippen LogP contribution is 2.35. The van der Waals surface area contributed by atoms with Gasteiger partial charge < -0.3 is 9.47 Å². The van der Waals surface area contributed by atoms with Crippen LogP contribution in [0.25, 0.3) is 0 Å². The molecule has 1 aliphatic heterocycles. The average Bonchev–Trinajstić information content (AvgIpc) is 2.87. The molecule has 0 bridgehead atoms. The van der Waals surface area contributed by atoms with Gasteiger partial charge in [0.15, 0.2) is 5.78 Å². The Kier molecular flexibility index (Phi) is 3.22. The fourth-order valence-electron chi connectivity index (χ4n) is 2.19. The highest BCUT2D eigenvalue weighted by molar-refractivity contribution is 7.09. The fourth-order valence-corrected chi connectivity index (χ4v) is 2.72. The van der Waals surface area contributed by atoms with Gasteiger partial charge in [-0.25, -0.2) is 4.98 Å². The van der Waals surface area contributed by atoms with Crippen molar-refractivity contribution < 1.29 is 14.3 Å². The summed E-state index contributed by atoms with van der Waals surface area (Å²) >= 11 is 1.55. The second kappa shape index (κ2) is 4.90. The zero-order valence-corrected chi connectivity index (χ0v) is 12.2. The first kappa shape index (κ1) is 13.1. The monoisotopic (exact) mass is 289 g/mol. The molecule has 0 N–H and O–H groups in total. The molecule has 20 heavy (non-hydrogen) atoms. The number of fused-ring (bicyclic) bond motifs is 1. The number of Topliss-reactive ketones (excluding diaryl/α,β-unsaturated/α-hetero) is 1. The smallest absolute Gasteiger partial charge is 0.170 e. The third-order valence-corrected chi connectivity index (χ3v) is 3.82.